The number of nitrogens with zero attached hydrogens (tertiary/aromatic N) is 2. The van der Waals surface area contributed by atoms with Gasteiger partial charge in [-0.1, -0.05) is 18.2 Å². The van der Waals surface area contributed by atoms with Crippen LogP contribution < -0.4 is 4.90 Å². The summed E-state index contributed by atoms with van der Waals surface area (Å²) in [5.41, 5.74) is 0.366. The number of Topliss-reactive ketones (excluding diaryl/α,β-unsaturated/α-hetero) is 1. The van der Waals surface area contributed by atoms with Crippen molar-refractivity contribution in [2.24, 2.45) is 5.41 Å². The van der Waals surface area contributed by atoms with Gasteiger partial charge in [-0.2, -0.15) is 18.4 Å². The monoisotopic (exact) mass is 364 g/mol. The molecule has 1 aromatic rings. The van der Waals surface area contributed by atoms with Crippen molar-refractivity contribution in [1.82, 2.24) is 0 Å². The minimum Gasteiger partial charge on any atom is -0.434 e. The number of para-hydroxylation sites is 1. The van der Waals surface area contributed by atoms with Crippen molar-refractivity contribution in [3.05, 3.63) is 41.5 Å². The summed E-state index contributed by atoms with van der Waals surface area (Å²) in [7, 11) is 0. The van der Waals surface area contributed by atoms with E-state index in [0.717, 1.165) is 5.56 Å². The smallest absolute Gasteiger partial charge is 0.434 e. The second-order valence-electron chi connectivity index (χ2n) is 6.50. The van der Waals surface area contributed by atoms with E-state index in [1.54, 1.807) is 42.2 Å². The minimum atomic E-state index is -5.12. The van der Waals surface area contributed by atoms with Gasteiger partial charge in [0, 0.05) is 18.7 Å². The molecule has 2 unspecified atom stereocenters. The van der Waals surface area contributed by atoms with E-state index in [0.29, 0.717) is 5.69 Å². The number of carbonyl (C=O) groups excluding carboxylic acids is 2. The lowest BCUT2D eigenvalue weighted by Gasteiger charge is -2.57. The van der Waals surface area contributed by atoms with Gasteiger partial charge in [-0.05, 0) is 31.1 Å². The van der Waals surface area contributed by atoms with Crippen LogP contribution in [-0.4, -0.2) is 30.7 Å². The average Bonchev–Trinajstić information content (AvgIpc) is 2.58. The van der Waals surface area contributed by atoms with E-state index in [-0.39, 0.29) is 30.7 Å². The number of alkyl halides is 3. The third kappa shape index (κ3) is 2.94. The lowest BCUT2D eigenvalue weighted by atomic mass is 9.68. The highest BCUT2D eigenvalue weighted by Gasteiger charge is 2.58. The summed E-state index contributed by atoms with van der Waals surface area (Å²) >= 11 is 0. The molecule has 136 valence electrons. The molecule has 1 saturated heterocycles. The summed E-state index contributed by atoms with van der Waals surface area (Å²) in [6.07, 6.45) is -4.74. The third-order valence-corrected chi connectivity index (χ3v) is 4.78. The number of allylic oxidation sites excluding steroid dienone is 1. The van der Waals surface area contributed by atoms with Crippen LogP contribution in [0.5, 0.6) is 0 Å². The third-order valence-electron chi connectivity index (χ3n) is 4.78. The van der Waals surface area contributed by atoms with Crippen LogP contribution in [0.3, 0.4) is 0 Å². The standard InChI is InChI=1S/C18H15F3N2O3/c1-11-4-2-3-5-13(11)23-10-17(7-6-14(24)12(8-17)9-22)15(23)26-16(25)18(19,20)21/h2-5,8,15H,6-7,10H2,1H3. The first-order valence-electron chi connectivity index (χ1n) is 7.94. The van der Waals surface area contributed by atoms with Crippen LogP contribution in [0.2, 0.25) is 0 Å². The van der Waals surface area contributed by atoms with Crippen LogP contribution in [-0.2, 0) is 14.3 Å². The zero-order chi connectivity index (χ0) is 19.1. The van der Waals surface area contributed by atoms with Crippen LogP contribution in [0.4, 0.5) is 18.9 Å². The van der Waals surface area contributed by atoms with E-state index in [2.05, 4.69) is 0 Å². The number of ketones is 1. The molecule has 0 saturated carbocycles. The second kappa shape index (κ2) is 6.16. The molecule has 0 N–H and O–H groups in total. The fourth-order valence-electron chi connectivity index (χ4n) is 3.46. The van der Waals surface area contributed by atoms with E-state index in [4.69, 9.17) is 10.00 Å². The normalized spacial score (nSPS) is 25.3. The molecule has 2 aliphatic rings. The highest BCUT2D eigenvalue weighted by atomic mass is 19.4. The number of aryl methyl sites for hydroxylation is 1. The lowest BCUT2D eigenvalue weighted by Crippen LogP contribution is -2.67. The molecule has 0 bridgehead atoms. The Balaban J connectivity index is 1.98. The molecule has 0 amide bonds. The number of esters is 1. The van der Waals surface area contributed by atoms with Gasteiger partial charge in [0.2, 0.25) is 0 Å². The summed E-state index contributed by atoms with van der Waals surface area (Å²) in [6.45, 7) is 2.05. The molecule has 1 aliphatic heterocycles. The number of halogens is 3. The quantitative estimate of drug-likeness (QED) is 0.755. The van der Waals surface area contributed by atoms with Crippen molar-refractivity contribution >= 4 is 17.4 Å². The number of hydrogen-bond acceptors (Lipinski definition) is 5. The van der Waals surface area contributed by atoms with E-state index in [1.807, 2.05) is 0 Å². The number of carbonyl (C=O) groups is 2. The predicted molar refractivity (Wildman–Crippen MR) is 84.8 cm³/mol. The molecule has 1 heterocycles. The Morgan fingerprint density at radius 2 is 2.08 bits per heavy atom. The number of ether oxygens (including phenoxy) is 1. The van der Waals surface area contributed by atoms with Gasteiger partial charge in [0.1, 0.15) is 6.07 Å². The molecule has 3 rings (SSSR count). The topological polar surface area (TPSA) is 70.4 Å². The lowest BCUT2D eigenvalue weighted by molar-refractivity contribution is -0.214. The Morgan fingerprint density at radius 3 is 2.69 bits per heavy atom. The maximum absolute atomic E-state index is 12.7. The maximum atomic E-state index is 12.7. The summed E-state index contributed by atoms with van der Waals surface area (Å²) in [4.78, 5) is 24.8. The predicted octanol–water partition coefficient (Wildman–Crippen LogP) is 3.05. The van der Waals surface area contributed by atoms with Crippen molar-refractivity contribution in [3.8, 4) is 6.07 Å². The Kier molecular flexibility index (Phi) is 4.26. The van der Waals surface area contributed by atoms with Crippen LogP contribution >= 0.6 is 0 Å². The maximum Gasteiger partial charge on any atom is 0.491 e. The van der Waals surface area contributed by atoms with Gasteiger partial charge in [-0.15, -0.1) is 0 Å². The molecule has 1 fully saturated rings. The molecular formula is C18H15F3N2O3. The Morgan fingerprint density at radius 1 is 1.38 bits per heavy atom. The molecule has 0 radical (unpaired) electrons. The zero-order valence-corrected chi connectivity index (χ0v) is 13.8. The van der Waals surface area contributed by atoms with Crippen molar-refractivity contribution in [2.75, 3.05) is 11.4 Å². The molecule has 0 aromatic heterocycles. The van der Waals surface area contributed by atoms with Gasteiger partial charge in [0.05, 0.1) is 11.0 Å². The molecule has 5 nitrogen and oxygen atoms in total. The minimum absolute atomic E-state index is 0.0288. The molecule has 1 aliphatic carbocycles. The van der Waals surface area contributed by atoms with Crippen molar-refractivity contribution in [3.63, 3.8) is 0 Å². The van der Waals surface area contributed by atoms with Crippen LogP contribution in [0, 0.1) is 23.7 Å². The first-order valence-corrected chi connectivity index (χ1v) is 7.94. The number of benzene rings is 1. The number of nitriles is 1. The van der Waals surface area contributed by atoms with Gasteiger partial charge < -0.3 is 9.64 Å². The van der Waals surface area contributed by atoms with Crippen molar-refractivity contribution < 1.29 is 27.5 Å². The van der Waals surface area contributed by atoms with Gasteiger partial charge >= 0.3 is 12.1 Å². The van der Waals surface area contributed by atoms with E-state index < -0.39 is 23.8 Å². The summed E-state index contributed by atoms with van der Waals surface area (Å²) in [5.74, 6) is -2.64. The van der Waals surface area contributed by atoms with Gasteiger partial charge in [0.15, 0.2) is 12.0 Å². The highest BCUT2D eigenvalue weighted by molar-refractivity contribution is 6.00. The Labute approximate surface area is 147 Å². The molecule has 2 atom stereocenters. The van der Waals surface area contributed by atoms with Crippen LogP contribution in [0.1, 0.15) is 18.4 Å². The first-order chi connectivity index (χ1) is 12.2. The van der Waals surface area contributed by atoms with Gasteiger partial charge in [-0.3, -0.25) is 4.79 Å². The number of rotatable bonds is 2. The van der Waals surface area contributed by atoms with Gasteiger partial charge in [-0.25, -0.2) is 4.79 Å². The van der Waals surface area contributed by atoms with E-state index in [9.17, 15) is 22.8 Å². The van der Waals surface area contributed by atoms with E-state index >= 15 is 0 Å². The zero-order valence-electron chi connectivity index (χ0n) is 13.8. The number of hydrogen-bond donors (Lipinski definition) is 0. The fraction of sp³-hybridized carbons (Fsp3) is 0.389. The fourth-order valence-corrected chi connectivity index (χ4v) is 3.46. The second-order valence-corrected chi connectivity index (χ2v) is 6.50. The molecule has 1 aromatic carbocycles. The SMILES string of the molecule is Cc1ccccc1N1CC2(C=C(C#N)C(=O)CC2)C1OC(=O)C(F)(F)F. The van der Waals surface area contributed by atoms with Crippen molar-refractivity contribution in [1.29, 1.82) is 5.26 Å². The summed E-state index contributed by atoms with van der Waals surface area (Å²) in [5, 5.41) is 9.10. The Bertz CT molecular complexity index is 841. The molecule has 1 spiro atoms. The Hall–Kier alpha value is -2.82. The van der Waals surface area contributed by atoms with Crippen LogP contribution in [0.25, 0.3) is 0 Å². The van der Waals surface area contributed by atoms with Gasteiger partial charge in [0.25, 0.3) is 0 Å². The summed E-state index contributed by atoms with van der Waals surface area (Å²) in [6, 6.07) is 8.82. The largest absolute Gasteiger partial charge is 0.491 e. The van der Waals surface area contributed by atoms with E-state index in [1.165, 1.54) is 6.08 Å². The van der Waals surface area contributed by atoms with Crippen LogP contribution in [0.15, 0.2) is 35.9 Å². The summed E-state index contributed by atoms with van der Waals surface area (Å²) < 4.78 is 43.0. The highest BCUT2D eigenvalue weighted by Crippen LogP contribution is 2.49. The number of anilines is 1. The molecule has 26 heavy (non-hydrogen) atoms. The first kappa shape index (κ1) is 18.0. The van der Waals surface area contributed by atoms with Crippen molar-refractivity contribution in [2.45, 2.75) is 32.2 Å². The molecular weight excluding hydrogens is 349 g/mol. The average molecular weight is 364 g/mol. The molecule has 8 heteroatoms.